The minimum absolute atomic E-state index is 0.476. The van der Waals surface area contributed by atoms with E-state index < -0.39 is 0 Å². The average Bonchev–Trinajstić information content (AvgIpc) is 3.14. The molecule has 2 aromatic heterocycles. The van der Waals surface area contributed by atoms with Crippen molar-refractivity contribution in [3.05, 3.63) is 78.1 Å². The van der Waals surface area contributed by atoms with Gasteiger partial charge in [0.15, 0.2) is 0 Å². The van der Waals surface area contributed by atoms with E-state index in [0.29, 0.717) is 17.4 Å². The molecule has 7 heteroatoms. The fraction of sp³-hybridized carbons (Fsp3) is 0.200. The Bertz CT molecular complexity index is 1260. The number of hydrogen-bond acceptors (Lipinski definition) is 6. The number of nitrogens with zero attached hydrogens (tertiary/aromatic N) is 5. The molecule has 0 saturated carbocycles. The standard InChI is InChI=1S/C25H24N6S/c1-17(2)16-32-24-23(18(3)31(30-24)21-10-5-4-6-11-21)22-12-13-27-25(29-22)28-20-9-7-8-19(14-20)15-26/h4-14,17H,16H2,1-3H3,(H,27,28,29). The van der Waals surface area contributed by atoms with Gasteiger partial charge in [-0.05, 0) is 49.2 Å². The van der Waals surface area contributed by atoms with Gasteiger partial charge in [0.1, 0.15) is 5.03 Å². The second-order valence-corrected chi connectivity index (χ2v) is 8.81. The molecule has 1 N–H and O–H groups in total. The maximum Gasteiger partial charge on any atom is 0.227 e. The molecule has 2 heterocycles. The lowest BCUT2D eigenvalue weighted by Gasteiger charge is -2.09. The SMILES string of the molecule is Cc1c(-c2ccnc(Nc3cccc(C#N)c3)n2)c(SCC(C)C)nn1-c1ccccc1. The smallest absolute Gasteiger partial charge is 0.227 e. The number of benzene rings is 2. The molecule has 4 rings (SSSR count). The number of nitriles is 1. The summed E-state index contributed by atoms with van der Waals surface area (Å²) in [5.41, 5.74) is 5.22. The minimum Gasteiger partial charge on any atom is -0.324 e. The van der Waals surface area contributed by atoms with Gasteiger partial charge in [0.2, 0.25) is 5.95 Å². The Hall–Kier alpha value is -3.63. The third kappa shape index (κ3) is 4.82. The molecule has 160 valence electrons. The molecule has 0 aliphatic heterocycles. The molecule has 0 amide bonds. The highest BCUT2D eigenvalue weighted by Crippen LogP contribution is 2.35. The summed E-state index contributed by atoms with van der Waals surface area (Å²) < 4.78 is 1.98. The van der Waals surface area contributed by atoms with Gasteiger partial charge in [-0.3, -0.25) is 0 Å². The Morgan fingerprint density at radius 2 is 1.91 bits per heavy atom. The molecule has 32 heavy (non-hydrogen) atoms. The Kier molecular flexibility index (Phi) is 6.52. The van der Waals surface area contributed by atoms with Crippen LogP contribution in [0, 0.1) is 24.2 Å². The van der Waals surface area contributed by atoms with Gasteiger partial charge in [-0.25, -0.2) is 14.6 Å². The Labute approximate surface area is 192 Å². The van der Waals surface area contributed by atoms with E-state index in [0.717, 1.165) is 39.1 Å². The van der Waals surface area contributed by atoms with Crippen molar-refractivity contribution in [1.82, 2.24) is 19.7 Å². The summed E-state index contributed by atoms with van der Waals surface area (Å²) in [5, 5.41) is 18.2. The van der Waals surface area contributed by atoms with Crippen molar-refractivity contribution in [1.29, 1.82) is 5.26 Å². The van der Waals surface area contributed by atoms with Crippen molar-refractivity contribution in [2.24, 2.45) is 5.92 Å². The van der Waals surface area contributed by atoms with Crippen LogP contribution in [0.2, 0.25) is 0 Å². The van der Waals surface area contributed by atoms with Crippen molar-refractivity contribution >= 4 is 23.4 Å². The zero-order valence-corrected chi connectivity index (χ0v) is 19.1. The summed E-state index contributed by atoms with van der Waals surface area (Å²) >= 11 is 1.75. The van der Waals surface area contributed by atoms with E-state index >= 15 is 0 Å². The fourth-order valence-electron chi connectivity index (χ4n) is 3.29. The number of hydrogen-bond donors (Lipinski definition) is 1. The number of para-hydroxylation sites is 1. The van der Waals surface area contributed by atoms with Crippen molar-refractivity contribution in [2.45, 2.75) is 25.8 Å². The van der Waals surface area contributed by atoms with Crippen molar-refractivity contribution in [3.8, 4) is 23.0 Å². The van der Waals surface area contributed by atoms with E-state index in [9.17, 15) is 0 Å². The summed E-state index contributed by atoms with van der Waals surface area (Å²) in [5.74, 6) is 1.99. The van der Waals surface area contributed by atoms with E-state index in [1.54, 1.807) is 30.1 Å². The number of nitrogens with one attached hydrogen (secondary N) is 1. The van der Waals surface area contributed by atoms with Crippen LogP contribution in [0.3, 0.4) is 0 Å². The van der Waals surface area contributed by atoms with Gasteiger partial charge in [-0.15, -0.1) is 11.8 Å². The Morgan fingerprint density at radius 1 is 1.09 bits per heavy atom. The molecule has 0 aliphatic rings. The Balaban J connectivity index is 1.74. The van der Waals surface area contributed by atoms with Crippen LogP contribution in [0.15, 0.2) is 71.9 Å². The van der Waals surface area contributed by atoms with E-state index in [2.05, 4.69) is 49.3 Å². The molecular weight excluding hydrogens is 416 g/mol. The lowest BCUT2D eigenvalue weighted by Crippen LogP contribution is -2.00. The van der Waals surface area contributed by atoms with Crippen LogP contribution in [-0.2, 0) is 0 Å². The molecule has 0 bridgehead atoms. The molecule has 0 unspecified atom stereocenters. The predicted octanol–water partition coefficient (Wildman–Crippen LogP) is 6.00. The lowest BCUT2D eigenvalue weighted by molar-refractivity contribution is 0.747. The van der Waals surface area contributed by atoms with Crippen LogP contribution in [0.4, 0.5) is 11.6 Å². The zero-order chi connectivity index (χ0) is 22.5. The summed E-state index contributed by atoms with van der Waals surface area (Å²) in [6.07, 6.45) is 1.75. The van der Waals surface area contributed by atoms with Crippen LogP contribution in [0.25, 0.3) is 16.9 Å². The fourth-order valence-corrected chi connectivity index (χ4v) is 4.32. The van der Waals surface area contributed by atoms with Crippen molar-refractivity contribution in [3.63, 3.8) is 0 Å². The first-order valence-electron chi connectivity index (χ1n) is 10.4. The van der Waals surface area contributed by atoms with Crippen LogP contribution in [-0.4, -0.2) is 25.5 Å². The first kappa shape index (κ1) is 21.6. The summed E-state index contributed by atoms with van der Waals surface area (Å²) in [7, 11) is 0. The molecule has 0 radical (unpaired) electrons. The molecule has 4 aromatic rings. The van der Waals surface area contributed by atoms with Crippen LogP contribution in [0.1, 0.15) is 25.1 Å². The summed E-state index contributed by atoms with van der Waals surface area (Å²) in [6, 6.07) is 21.5. The first-order chi connectivity index (χ1) is 15.5. The molecule has 0 atom stereocenters. The lowest BCUT2D eigenvalue weighted by atomic mass is 10.2. The monoisotopic (exact) mass is 440 g/mol. The van der Waals surface area contributed by atoms with Gasteiger partial charge in [0.05, 0.1) is 34.3 Å². The largest absolute Gasteiger partial charge is 0.324 e. The van der Waals surface area contributed by atoms with Gasteiger partial charge < -0.3 is 5.32 Å². The minimum atomic E-state index is 0.476. The third-order valence-corrected chi connectivity index (χ3v) is 6.19. The van der Waals surface area contributed by atoms with Crippen LogP contribution in [0.5, 0.6) is 0 Å². The van der Waals surface area contributed by atoms with Crippen LogP contribution >= 0.6 is 11.8 Å². The quantitative estimate of drug-likeness (QED) is 0.355. The van der Waals surface area contributed by atoms with E-state index in [1.807, 2.05) is 41.1 Å². The van der Waals surface area contributed by atoms with Gasteiger partial charge in [-0.2, -0.15) is 10.4 Å². The highest BCUT2D eigenvalue weighted by molar-refractivity contribution is 7.99. The van der Waals surface area contributed by atoms with Crippen molar-refractivity contribution < 1.29 is 0 Å². The second-order valence-electron chi connectivity index (χ2n) is 7.80. The van der Waals surface area contributed by atoms with E-state index in [-0.39, 0.29) is 0 Å². The number of rotatable bonds is 7. The number of anilines is 2. The molecule has 0 spiro atoms. The van der Waals surface area contributed by atoms with Gasteiger partial charge >= 0.3 is 0 Å². The second kappa shape index (κ2) is 9.67. The van der Waals surface area contributed by atoms with Gasteiger partial charge in [-0.1, -0.05) is 38.1 Å². The first-order valence-corrected chi connectivity index (χ1v) is 11.4. The highest BCUT2D eigenvalue weighted by atomic mass is 32.2. The maximum absolute atomic E-state index is 9.15. The predicted molar refractivity (Wildman–Crippen MR) is 129 cm³/mol. The molecule has 6 nitrogen and oxygen atoms in total. The Morgan fingerprint density at radius 3 is 2.66 bits per heavy atom. The molecule has 2 aromatic carbocycles. The number of aromatic nitrogens is 4. The zero-order valence-electron chi connectivity index (χ0n) is 18.3. The molecule has 0 fully saturated rings. The number of thioether (sulfide) groups is 1. The highest BCUT2D eigenvalue weighted by Gasteiger charge is 2.20. The van der Waals surface area contributed by atoms with E-state index in [4.69, 9.17) is 15.3 Å². The van der Waals surface area contributed by atoms with E-state index in [1.165, 1.54) is 0 Å². The average molecular weight is 441 g/mol. The topological polar surface area (TPSA) is 79.4 Å². The maximum atomic E-state index is 9.15. The molecular formula is C25H24N6S. The van der Waals surface area contributed by atoms with Gasteiger partial charge in [0, 0.05) is 17.6 Å². The molecule has 0 saturated heterocycles. The van der Waals surface area contributed by atoms with Crippen LogP contribution < -0.4 is 5.32 Å². The normalized spacial score (nSPS) is 10.8. The molecule has 0 aliphatic carbocycles. The third-order valence-electron chi connectivity index (χ3n) is 4.80. The van der Waals surface area contributed by atoms with Crippen molar-refractivity contribution in [2.75, 3.05) is 11.1 Å². The van der Waals surface area contributed by atoms with Gasteiger partial charge in [0.25, 0.3) is 0 Å². The summed E-state index contributed by atoms with van der Waals surface area (Å²) in [6.45, 7) is 6.48. The summed E-state index contributed by atoms with van der Waals surface area (Å²) in [4.78, 5) is 9.15.